The molecule has 2 aromatic carbocycles. The molecule has 0 N–H and O–H groups in total. The summed E-state index contributed by atoms with van der Waals surface area (Å²) in [5.41, 5.74) is 1.40. The highest BCUT2D eigenvalue weighted by Gasteiger charge is 2.42. The van der Waals surface area contributed by atoms with Crippen LogP contribution < -0.4 is 9.64 Å². The average Bonchev–Trinajstić information content (AvgIpc) is 2.93. The number of rotatable bonds is 5. The van der Waals surface area contributed by atoms with Crippen LogP contribution in [0.25, 0.3) is 0 Å². The highest BCUT2D eigenvalue weighted by Crippen LogP contribution is 2.39. The predicted molar refractivity (Wildman–Crippen MR) is 95.1 cm³/mol. The normalized spacial score (nSPS) is 14.0. The monoisotopic (exact) mass is 351 g/mol. The summed E-state index contributed by atoms with van der Waals surface area (Å²) in [6, 6.07) is 12.7. The molecular formula is C20H17NO5. The largest absolute Gasteiger partial charge is 0.497 e. The zero-order valence-electron chi connectivity index (χ0n) is 14.4. The Morgan fingerprint density at radius 1 is 1.04 bits per heavy atom. The number of nitrogens with zero attached hydrogens (tertiary/aromatic N) is 1. The molecule has 1 aliphatic heterocycles. The Kier molecular flexibility index (Phi) is 4.58. The van der Waals surface area contributed by atoms with Crippen molar-refractivity contribution in [2.45, 2.75) is 6.04 Å². The van der Waals surface area contributed by atoms with Crippen molar-refractivity contribution < 1.29 is 23.9 Å². The van der Waals surface area contributed by atoms with Gasteiger partial charge in [-0.15, -0.1) is 0 Å². The lowest BCUT2D eigenvalue weighted by atomic mass is 9.97. The van der Waals surface area contributed by atoms with Gasteiger partial charge in [-0.05, 0) is 29.8 Å². The summed E-state index contributed by atoms with van der Waals surface area (Å²) in [5.74, 6) is -1.36. The van der Waals surface area contributed by atoms with Crippen molar-refractivity contribution in [2.24, 2.45) is 0 Å². The molecule has 26 heavy (non-hydrogen) atoms. The van der Waals surface area contributed by atoms with Gasteiger partial charge in [0.05, 0.1) is 37.1 Å². The van der Waals surface area contributed by atoms with Gasteiger partial charge in [-0.2, -0.15) is 0 Å². The first-order chi connectivity index (χ1) is 12.5. The van der Waals surface area contributed by atoms with Crippen LogP contribution in [0.3, 0.4) is 0 Å². The first kappa shape index (κ1) is 17.4. The van der Waals surface area contributed by atoms with Gasteiger partial charge in [-0.25, -0.2) is 4.79 Å². The molecule has 0 spiro atoms. The third-order valence-electron chi connectivity index (χ3n) is 4.29. The molecule has 6 heteroatoms. The van der Waals surface area contributed by atoms with Crippen LogP contribution in [-0.4, -0.2) is 31.9 Å². The fourth-order valence-corrected chi connectivity index (χ4v) is 3.00. The van der Waals surface area contributed by atoms with Crippen LogP contribution in [-0.2, 0) is 14.3 Å². The van der Waals surface area contributed by atoms with Gasteiger partial charge < -0.3 is 9.47 Å². The maximum Gasteiger partial charge on any atom is 0.335 e. The van der Waals surface area contributed by atoms with Gasteiger partial charge in [0.1, 0.15) is 5.75 Å². The number of carbonyl (C=O) groups is 3. The molecule has 0 bridgehead atoms. The van der Waals surface area contributed by atoms with Gasteiger partial charge in [0.2, 0.25) is 0 Å². The summed E-state index contributed by atoms with van der Waals surface area (Å²) in [6.07, 6.45) is 0. The maximum atomic E-state index is 12.7. The van der Waals surface area contributed by atoms with Crippen molar-refractivity contribution in [3.63, 3.8) is 0 Å². The molecule has 132 valence electrons. The summed E-state index contributed by atoms with van der Waals surface area (Å²) in [6.45, 7) is 3.81. The summed E-state index contributed by atoms with van der Waals surface area (Å²) in [5, 5.41) is 0. The molecule has 2 aromatic rings. The Balaban J connectivity index is 2.14. The van der Waals surface area contributed by atoms with Crippen LogP contribution in [0.5, 0.6) is 5.75 Å². The maximum absolute atomic E-state index is 12.7. The Hall–Kier alpha value is -3.41. The molecule has 1 amide bonds. The molecule has 6 nitrogen and oxygen atoms in total. The van der Waals surface area contributed by atoms with Crippen LogP contribution in [0, 0.1) is 0 Å². The molecule has 1 atom stereocenters. The van der Waals surface area contributed by atoms with E-state index in [1.54, 1.807) is 55.6 Å². The summed E-state index contributed by atoms with van der Waals surface area (Å²) in [7, 11) is 2.78. The number of benzene rings is 2. The molecule has 0 saturated heterocycles. The number of Topliss-reactive ketones (excluding diaryl/α,β-unsaturated/α-hetero) is 1. The van der Waals surface area contributed by atoms with Crippen molar-refractivity contribution in [1.29, 1.82) is 0 Å². The van der Waals surface area contributed by atoms with Crippen LogP contribution in [0.2, 0.25) is 0 Å². The number of ketones is 1. The van der Waals surface area contributed by atoms with E-state index >= 15 is 0 Å². The van der Waals surface area contributed by atoms with E-state index in [1.165, 1.54) is 12.0 Å². The Morgan fingerprint density at radius 3 is 2.31 bits per heavy atom. The minimum Gasteiger partial charge on any atom is -0.497 e. The van der Waals surface area contributed by atoms with E-state index in [2.05, 4.69) is 6.58 Å². The quantitative estimate of drug-likeness (QED) is 0.470. The Labute approximate surface area is 150 Å². The fourth-order valence-electron chi connectivity index (χ4n) is 3.00. The molecule has 0 aliphatic carbocycles. The van der Waals surface area contributed by atoms with Crippen molar-refractivity contribution in [3.8, 4) is 5.75 Å². The molecule has 3 rings (SSSR count). The SMILES string of the molecule is C=C(C(=O)OC)[C@H](c1ccc(OC)cc1)N1C(=O)C(=O)c2ccccc21. The van der Waals surface area contributed by atoms with Gasteiger partial charge >= 0.3 is 5.97 Å². The highest BCUT2D eigenvalue weighted by molar-refractivity contribution is 6.52. The molecule has 0 radical (unpaired) electrons. The zero-order valence-corrected chi connectivity index (χ0v) is 14.4. The van der Waals surface area contributed by atoms with Gasteiger partial charge in [0.25, 0.3) is 11.7 Å². The number of para-hydroxylation sites is 1. The van der Waals surface area contributed by atoms with Crippen molar-refractivity contribution >= 4 is 23.3 Å². The van der Waals surface area contributed by atoms with E-state index in [0.29, 0.717) is 22.6 Å². The smallest absolute Gasteiger partial charge is 0.335 e. The minimum absolute atomic E-state index is 0.0514. The number of fused-ring (bicyclic) bond motifs is 1. The highest BCUT2D eigenvalue weighted by atomic mass is 16.5. The molecule has 0 saturated carbocycles. The van der Waals surface area contributed by atoms with Crippen molar-refractivity contribution in [3.05, 3.63) is 71.8 Å². The standard InChI is InChI=1S/C20H17NO5/c1-12(20(24)26-3)17(13-8-10-14(25-2)11-9-13)21-16-7-5-4-6-15(16)18(22)19(21)23/h4-11,17H,1H2,2-3H3/t17-/m1/s1. The van der Waals surface area contributed by atoms with Crippen LogP contribution in [0.4, 0.5) is 5.69 Å². The van der Waals surface area contributed by atoms with E-state index in [9.17, 15) is 14.4 Å². The second kappa shape index (κ2) is 6.84. The van der Waals surface area contributed by atoms with Crippen molar-refractivity contribution in [1.82, 2.24) is 0 Å². The lowest BCUT2D eigenvalue weighted by molar-refractivity contribution is -0.136. The van der Waals surface area contributed by atoms with Crippen LogP contribution in [0.15, 0.2) is 60.7 Å². The number of methoxy groups -OCH3 is 2. The van der Waals surface area contributed by atoms with E-state index < -0.39 is 23.7 Å². The van der Waals surface area contributed by atoms with Crippen molar-refractivity contribution in [2.75, 3.05) is 19.1 Å². The fraction of sp³-hybridized carbons (Fsp3) is 0.150. The molecule has 0 fully saturated rings. The minimum atomic E-state index is -0.867. The number of amides is 1. The lowest BCUT2D eigenvalue weighted by Gasteiger charge is -2.29. The van der Waals surface area contributed by atoms with E-state index in [1.807, 2.05) is 0 Å². The van der Waals surface area contributed by atoms with Gasteiger partial charge in [-0.3, -0.25) is 14.5 Å². The third-order valence-corrected chi connectivity index (χ3v) is 4.29. The van der Waals surface area contributed by atoms with Gasteiger partial charge in [0, 0.05) is 0 Å². The first-order valence-corrected chi connectivity index (χ1v) is 7.87. The Bertz CT molecular complexity index is 901. The molecule has 0 unspecified atom stereocenters. The summed E-state index contributed by atoms with van der Waals surface area (Å²) >= 11 is 0. The Morgan fingerprint density at radius 2 is 1.69 bits per heavy atom. The average molecular weight is 351 g/mol. The number of ether oxygens (including phenoxy) is 2. The second-order valence-corrected chi connectivity index (χ2v) is 5.71. The predicted octanol–water partition coefficient (Wildman–Crippen LogP) is 2.70. The number of carbonyl (C=O) groups excluding carboxylic acids is 3. The number of anilines is 1. The summed E-state index contributed by atoms with van der Waals surface area (Å²) < 4.78 is 9.93. The molecule has 1 aliphatic rings. The van der Waals surface area contributed by atoms with Crippen LogP contribution >= 0.6 is 0 Å². The first-order valence-electron chi connectivity index (χ1n) is 7.87. The topological polar surface area (TPSA) is 72.9 Å². The third kappa shape index (κ3) is 2.75. The van der Waals surface area contributed by atoms with E-state index in [4.69, 9.17) is 9.47 Å². The summed E-state index contributed by atoms with van der Waals surface area (Å²) in [4.78, 5) is 38.4. The number of hydrogen-bond donors (Lipinski definition) is 0. The van der Waals surface area contributed by atoms with E-state index in [-0.39, 0.29) is 5.57 Å². The molecule has 1 heterocycles. The second-order valence-electron chi connectivity index (χ2n) is 5.71. The van der Waals surface area contributed by atoms with Gasteiger partial charge in [-0.1, -0.05) is 30.8 Å². The number of hydrogen-bond acceptors (Lipinski definition) is 5. The lowest BCUT2D eigenvalue weighted by Crippen LogP contribution is -2.36. The zero-order chi connectivity index (χ0) is 18.8. The molecular weight excluding hydrogens is 334 g/mol. The van der Waals surface area contributed by atoms with Gasteiger partial charge in [0.15, 0.2) is 0 Å². The molecule has 0 aromatic heterocycles. The van der Waals surface area contributed by atoms with E-state index in [0.717, 1.165) is 0 Å². The number of esters is 1. The van der Waals surface area contributed by atoms with Crippen LogP contribution in [0.1, 0.15) is 22.0 Å².